The zero-order valence-corrected chi connectivity index (χ0v) is 18.7. The molecule has 31 heavy (non-hydrogen) atoms. The number of nitrogens with zero attached hydrogens (tertiary/aromatic N) is 2. The molecule has 1 amide bonds. The molecule has 168 valence electrons. The van der Waals surface area contributed by atoms with Crippen molar-refractivity contribution < 1.29 is 22.0 Å². The Morgan fingerprint density at radius 3 is 2.35 bits per heavy atom. The number of hydrogen-bond donors (Lipinski definition) is 1. The van der Waals surface area contributed by atoms with Crippen molar-refractivity contribution in [3.63, 3.8) is 0 Å². The number of carbonyl (C=O) groups excluding carboxylic acids is 1. The third-order valence-corrected chi connectivity index (χ3v) is 7.31. The van der Waals surface area contributed by atoms with Gasteiger partial charge in [-0.15, -0.1) is 0 Å². The second kappa shape index (κ2) is 9.42. The first-order chi connectivity index (χ1) is 14.6. The van der Waals surface area contributed by atoms with E-state index < -0.39 is 21.7 Å². The summed E-state index contributed by atoms with van der Waals surface area (Å²) in [5.41, 5.74) is 2.87. The van der Waals surface area contributed by atoms with Crippen molar-refractivity contribution in [2.75, 3.05) is 38.0 Å². The number of amides is 1. The molecule has 1 fully saturated rings. The molecule has 9 heteroatoms. The maximum Gasteiger partial charge on any atom is 0.243 e. The van der Waals surface area contributed by atoms with Gasteiger partial charge in [0, 0.05) is 31.9 Å². The summed E-state index contributed by atoms with van der Waals surface area (Å²) in [6.07, 6.45) is 0. The van der Waals surface area contributed by atoms with E-state index in [1.54, 1.807) is 0 Å². The number of rotatable bonds is 6. The van der Waals surface area contributed by atoms with Gasteiger partial charge in [-0.1, -0.05) is 32.0 Å². The van der Waals surface area contributed by atoms with E-state index in [9.17, 15) is 22.0 Å². The van der Waals surface area contributed by atoms with E-state index in [1.165, 1.54) is 4.31 Å². The maximum atomic E-state index is 13.5. The van der Waals surface area contributed by atoms with E-state index in [1.807, 2.05) is 30.0 Å². The molecule has 0 spiro atoms. The summed E-state index contributed by atoms with van der Waals surface area (Å²) in [7, 11) is -3.92. The standard InChI is InChI=1S/C22H27F2N3O3S/c1-15(2)18-6-4-5-16(3)22(18)25-21(28)14-26-9-11-27(12-10-26)31(29,30)17-7-8-19(23)20(24)13-17/h4-8,13,15H,9-12,14H2,1-3H3,(H,25,28). The van der Waals surface area contributed by atoms with Crippen LogP contribution in [0.1, 0.15) is 30.9 Å². The zero-order valence-electron chi connectivity index (χ0n) is 17.9. The van der Waals surface area contributed by atoms with Gasteiger partial charge in [-0.2, -0.15) is 4.31 Å². The molecule has 1 aliphatic heterocycles. The lowest BCUT2D eigenvalue weighted by Crippen LogP contribution is -2.50. The normalized spacial score (nSPS) is 15.9. The van der Waals surface area contributed by atoms with E-state index in [2.05, 4.69) is 19.2 Å². The van der Waals surface area contributed by atoms with E-state index in [4.69, 9.17) is 0 Å². The van der Waals surface area contributed by atoms with Crippen LogP contribution in [0.15, 0.2) is 41.3 Å². The van der Waals surface area contributed by atoms with Gasteiger partial charge in [0.15, 0.2) is 11.6 Å². The lowest BCUT2D eigenvalue weighted by Gasteiger charge is -2.33. The van der Waals surface area contributed by atoms with Gasteiger partial charge in [-0.3, -0.25) is 9.69 Å². The zero-order chi connectivity index (χ0) is 22.8. The third kappa shape index (κ3) is 5.28. The van der Waals surface area contributed by atoms with Crippen molar-refractivity contribution >= 4 is 21.6 Å². The molecular weight excluding hydrogens is 424 g/mol. The van der Waals surface area contributed by atoms with Crippen LogP contribution in [0.3, 0.4) is 0 Å². The predicted octanol–water partition coefficient (Wildman–Crippen LogP) is 3.34. The van der Waals surface area contributed by atoms with Crippen molar-refractivity contribution in [3.8, 4) is 0 Å². The Morgan fingerprint density at radius 1 is 1.06 bits per heavy atom. The highest BCUT2D eigenvalue weighted by Gasteiger charge is 2.30. The number of sulfonamides is 1. The Labute approximate surface area is 181 Å². The Kier molecular flexibility index (Phi) is 7.08. The number of para-hydroxylation sites is 1. The second-order valence-electron chi connectivity index (χ2n) is 8.00. The number of nitrogens with one attached hydrogen (secondary N) is 1. The average Bonchev–Trinajstić information content (AvgIpc) is 2.71. The summed E-state index contributed by atoms with van der Waals surface area (Å²) in [6.45, 7) is 7.28. The largest absolute Gasteiger partial charge is 0.324 e. The summed E-state index contributed by atoms with van der Waals surface area (Å²) in [5.74, 6) is -2.19. The first-order valence-electron chi connectivity index (χ1n) is 10.2. The minimum Gasteiger partial charge on any atom is -0.324 e. The Bertz CT molecular complexity index is 1070. The minimum atomic E-state index is -3.92. The highest BCUT2D eigenvalue weighted by molar-refractivity contribution is 7.89. The minimum absolute atomic E-state index is 0.144. The number of anilines is 1. The molecule has 0 aromatic heterocycles. The van der Waals surface area contributed by atoms with Crippen LogP contribution in [-0.2, 0) is 14.8 Å². The van der Waals surface area contributed by atoms with Crippen molar-refractivity contribution in [2.45, 2.75) is 31.6 Å². The van der Waals surface area contributed by atoms with Gasteiger partial charge in [-0.25, -0.2) is 17.2 Å². The van der Waals surface area contributed by atoms with Gasteiger partial charge in [0.25, 0.3) is 0 Å². The van der Waals surface area contributed by atoms with Crippen LogP contribution < -0.4 is 5.32 Å². The Balaban J connectivity index is 1.60. The van der Waals surface area contributed by atoms with E-state index in [-0.39, 0.29) is 36.4 Å². The monoisotopic (exact) mass is 451 g/mol. The average molecular weight is 452 g/mol. The first-order valence-corrected chi connectivity index (χ1v) is 11.6. The van der Waals surface area contributed by atoms with Crippen LogP contribution in [0.5, 0.6) is 0 Å². The summed E-state index contributed by atoms with van der Waals surface area (Å²) < 4.78 is 53.2. The molecule has 1 heterocycles. The highest BCUT2D eigenvalue weighted by atomic mass is 32.2. The van der Waals surface area contributed by atoms with Crippen molar-refractivity contribution in [1.29, 1.82) is 0 Å². The number of halogens is 2. The summed E-state index contributed by atoms with van der Waals surface area (Å²) in [4.78, 5) is 14.2. The molecule has 0 radical (unpaired) electrons. The fraction of sp³-hybridized carbons (Fsp3) is 0.409. The van der Waals surface area contributed by atoms with Crippen molar-refractivity contribution in [2.24, 2.45) is 0 Å². The molecule has 2 aromatic rings. The second-order valence-corrected chi connectivity index (χ2v) is 9.94. The number of hydrogen-bond acceptors (Lipinski definition) is 4. The summed E-state index contributed by atoms with van der Waals surface area (Å²) in [5, 5.41) is 3.00. The maximum absolute atomic E-state index is 13.5. The molecule has 2 aromatic carbocycles. The molecule has 6 nitrogen and oxygen atoms in total. The lowest BCUT2D eigenvalue weighted by atomic mass is 9.98. The van der Waals surface area contributed by atoms with Gasteiger partial charge < -0.3 is 5.32 Å². The van der Waals surface area contributed by atoms with Gasteiger partial charge >= 0.3 is 0 Å². The van der Waals surface area contributed by atoms with Crippen LogP contribution in [0.4, 0.5) is 14.5 Å². The van der Waals surface area contributed by atoms with Gasteiger partial charge in [0.1, 0.15) is 0 Å². The molecule has 3 rings (SSSR count). The fourth-order valence-corrected chi connectivity index (χ4v) is 5.07. The first kappa shape index (κ1) is 23.3. The molecule has 1 aliphatic rings. The van der Waals surface area contributed by atoms with Crippen molar-refractivity contribution in [3.05, 3.63) is 59.2 Å². The Morgan fingerprint density at radius 2 is 1.74 bits per heavy atom. The van der Waals surface area contributed by atoms with E-state index in [0.717, 1.165) is 28.9 Å². The number of benzene rings is 2. The predicted molar refractivity (Wildman–Crippen MR) is 115 cm³/mol. The van der Waals surface area contributed by atoms with Crippen LogP contribution in [0.25, 0.3) is 0 Å². The number of piperazine rings is 1. The quantitative estimate of drug-likeness (QED) is 0.732. The van der Waals surface area contributed by atoms with Gasteiger partial charge in [0.2, 0.25) is 15.9 Å². The lowest BCUT2D eigenvalue weighted by molar-refractivity contribution is -0.117. The molecule has 1 saturated heterocycles. The molecule has 0 aliphatic carbocycles. The fourth-order valence-electron chi connectivity index (χ4n) is 3.64. The molecule has 1 N–H and O–H groups in total. The molecule has 0 saturated carbocycles. The highest BCUT2D eigenvalue weighted by Crippen LogP contribution is 2.27. The van der Waals surface area contributed by atoms with Crippen LogP contribution in [-0.4, -0.2) is 56.3 Å². The third-order valence-electron chi connectivity index (χ3n) is 5.42. The molecule has 0 atom stereocenters. The molecule has 0 bridgehead atoms. The molecular formula is C22H27F2N3O3S. The smallest absolute Gasteiger partial charge is 0.243 e. The topological polar surface area (TPSA) is 69.7 Å². The Hall–Kier alpha value is -2.36. The van der Waals surface area contributed by atoms with Crippen LogP contribution in [0, 0.1) is 18.6 Å². The van der Waals surface area contributed by atoms with Crippen LogP contribution >= 0.6 is 0 Å². The molecule has 0 unspecified atom stereocenters. The van der Waals surface area contributed by atoms with Crippen LogP contribution in [0.2, 0.25) is 0 Å². The summed E-state index contributed by atoms with van der Waals surface area (Å²) in [6, 6.07) is 8.46. The van der Waals surface area contributed by atoms with Crippen molar-refractivity contribution in [1.82, 2.24) is 9.21 Å². The number of carbonyl (C=O) groups is 1. The number of aryl methyl sites for hydroxylation is 1. The SMILES string of the molecule is Cc1cccc(C(C)C)c1NC(=O)CN1CCN(S(=O)(=O)c2ccc(F)c(F)c2)CC1. The van der Waals surface area contributed by atoms with Gasteiger partial charge in [-0.05, 0) is 42.2 Å². The van der Waals surface area contributed by atoms with E-state index in [0.29, 0.717) is 19.2 Å². The summed E-state index contributed by atoms with van der Waals surface area (Å²) >= 11 is 0. The van der Waals surface area contributed by atoms with Gasteiger partial charge in [0.05, 0.1) is 11.4 Å². The van der Waals surface area contributed by atoms with E-state index >= 15 is 0 Å².